The van der Waals surface area contributed by atoms with Crippen molar-refractivity contribution in [3.63, 3.8) is 0 Å². The van der Waals surface area contributed by atoms with E-state index in [-0.39, 0.29) is 153 Å². The molecule has 2 aromatic carbocycles. The van der Waals surface area contributed by atoms with Crippen molar-refractivity contribution in [2.75, 3.05) is 118 Å². The number of aliphatic hydroxyl groups excluding tert-OH is 2. The summed E-state index contributed by atoms with van der Waals surface area (Å²) >= 11 is 0. The number of oxime groups is 1. The number of ketones is 2. The molecule has 712 valence electrons. The summed E-state index contributed by atoms with van der Waals surface area (Å²) < 4.78 is 67.1. The number of allylic oxidation sites excluding steroid dienone is 6. The maximum absolute atomic E-state index is 15.1. The van der Waals surface area contributed by atoms with Gasteiger partial charge < -0.3 is 110 Å². The molecule has 0 spiro atoms. The predicted octanol–water partition coefficient (Wildman–Crippen LogP) is 7.61. The fraction of sp³-hybridized carbons (Fsp3) is 0.609. The Hall–Kier alpha value is -10.4. The van der Waals surface area contributed by atoms with Crippen LogP contribution >= 0.6 is 0 Å². The second-order valence-electron chi connectivity index (χ2n) is 33.9. The van der Waals surface area contributed by atoms with Crippen LogP contribution in [-0.4, -0.2) is 268 Å². The average Bonchev–Trinajstić information content (AvgIpc) is 1.67. The van der Waals surface area contributed by atoms with Gasteiger partial charge in [0.25, 0.3) is 17.7 Å². The second kappa shape index (κ2) is 52.0. The largest absolute Gasteiger partial charge is 0.459 e. The van der Waals surface area contributed by atoms with Crippen molar-refractivity contribution >= 4 is 81.0 Å². The van der Waals surface area contributed by atoms with E-state index in [0.717, 1.165) is 16.7 Å². The predicted molar refractivity (Wildman–Crippen MR) is 480 cm³/mol. The maximum Gasteiger partial charge on any atom is 0.407 e. The van der Waals surface area contributed by atoms with Crippen molar-refractivity contribution in [2.24, 2.45) is 40.5 Å². The number of cyclic esters (lactones) is 1. The Bertz CT molecular complexity index is 4790. The number of carbonyl (C=O) groups excluding carboxylic acids is 7. The SMILES string of the molecule is CO[C@H]1C[C@@H]2CC[C@@H](C)[C@@](O)(O2)C(=O)C(=O)N2CCCC[C@H]2C(=O)O[C@H]([C@H](N)C[C@@H]2CC[C@H](n3cc(COC(=O)NCCOCCOCCOCCC(=O)NCCOCCOCCC(=O)NCCCCn4nc(-c5ccc6oc(N)nc6c5)c5c(N)ncnc54)nn3)[C@H](OC)C2)C/C(=N/OCc2ccccc2)[C@H](C)/C=C(\C)[C@@H](O)[C@@H](O)C(=O)[C@H](C)C[C@H](C)/C=C/C=CC=C1C. The molecule has 38 heteroatoms. The summed E-state index contributed by atoms with van der Waals surface area (Å²) in [5.74, 6) is -8.44. The summed E-state index contributed by atoms with van der Waals surface area (Å²) in [5, 5.41) is 62.6. The van der Waals surface area contributed by atoms with E-state index >= 15 is 4.79 Å². The number of amides is 4. The highest BCUT2D eigenvalue weighted by Crippen LogP contribution is 2.40. The topological polar surface area (TPSA) is 512 Å². The number of oxazole rings is 1. The lowest BCUT2D eigenvalue weighted by atomic mass is 9.79. The minimum atomic E-state index is -2.51. The number of ether oxygens (including phenoxy) is 10. The first-order valence-corrected chi connectivity index (χ1v) is 45.2. The lowest BCUT2D eigenvalue weighted by Crippen LogP contribution is -2.61. The Morgan fingerprint density at radius 3 is 2.18 bits per heavy atom. The molecule has 0 unspecified atom stereocenters. The van der Waals surface area contributed by atoms with Gasteiger partial charge in [-0.25, -0.2) is 28.9 Å². The smallest absolute Gasteiger partial charge is 0.407 e. The molecule has 38 nitrogen and oxygen atoms in total. The van der Waals surface area contributed by atoms with Gasteiger partial charge in [-0.1, -0.05) is 105 Å². The van der Waals surface area contributed by atoms with Crippen molar-refractivity contribution in [2.45, 2.75) is 225 Å². The second-order valence-corrected chi connectivity index (χ2v) is 33.9. The minimum absolute atomic E-state index is 0.0123. The molecule has 3 aliphatic heterocycles. The number of alkyl carbamates (subject to hydrolysis) is 1. The molecule has 130 heavy (non-hydrogen) atoms. The van der Waals surface area contributed by atoms with Crippen LogP contribution in [0.5, 0.6) is 0 Å². The average molecular weight is 1810 g/mol. The van der Waals surface area contributed by atoms with Gasteiger partial charge in [0.05, 0.1) is 108 Å². The number of esters is 1. The van der Waals surface area contributed by atoms with Crippen LogP contribution in [0, 0.1) is 29.6 Å². The summed E-state index contributed by atoms with van der Waals surface area (Å²) in [7, 11) is 3.16. The van der Waals surface area contributed by atoms with Crippen LogP contribution < -0.4 is 33.2 Å². The highest BCUT2D eigenvalue weighted by Gasteiger charge is 2.53. The van der Waals surface area contributed by atoms with Crippen LogP contribution in [0.1, 0.15) is 162 Å². The fourth-order valence-electron chi connectivity index (χ4n) is 16.6. The van der Waals surface area contributed by atoms with Crippen LogP contribution in [-0.2, 0) is 101 Å². The Balaban J connectivity index is 0.619. The number of hydrogen-bond donors (Lipinski definition) is 9. The molecule has 12 N–H and O–H groups in total. The van der Waals surface area contributed by atoms with E-state index in [1.807, 2.05) is 86.7 Å². The number of hydrogen-bond acceptors (Lipinski definition) is 32. The summed E-state index contributed by atoms with van der Waals surface area (Å²) in [6, 6.07) is 12.4. The Morgan fingerprint density at radius 1 is 0.746 bits per heavy atom. The van der Waals surface area contributed by atoms with Crippen LogP contribution in [0.25, 0.3) is 33.4 Å². The number of anilines is 2. The number of piperidine rings is 1. The summed E-state index contributed by atoms with van der Waals surface area (Å²) in [5.41, 5.74) is 25.1. The van der Waals surface area contributed by atoms with Gasteiger partial charge in [0, 0.05) is 102 Å². The summed E-state index contributed by atoms with van der Waals surface area (Å²) in [6.45, 7) is 14.6. The van der Waals surface area contributed by atoms with Crippen LogP contribution in [0.2, 0.25) is 0 Å². The monoisotopic (exact) mass is 1810 g/mol. The summed E-state index contributed by atoms with van der Waals surface area (Å²) in [6.07, 6.45) is 13.6. The normalized spacial score (nSPS) is 25.6. The molecule has 1 aliphatic carbocycles. The molecule has 2 saturated heterocycles. The van der Waals surface area contributed by atoms with E-state index in [1.54, 1.807) is 69.6 Å². The lowest BCUT2D eigenvalue weighted by Gasteiger charge is -2.42. The molecule has 4 amide bonds. The molecule has 4 aliphatic rings. The Kier molecular flexibility index (Phi) is 40.7. The molecular formula is C92H132N16O22. The zero-order valence-corrected chi connectivity index (χ0v) is 76.0. The number of aromatic nitrogens is 8. The number of aliphatic hydroxyl groups is 3. The number of rotatable bonds is 38. The molecule has 4 aromatic heterocycles. The maximum atomic E-state index is 15.1. The number of fused-ring (bicyclic) bond motifs is 5. The van der Waals surface area contributed by atoms with Gasteiger partial charge in [-0.05, 0) is 138 Å². The number of Topliss-reactive ketones (excluding diaryl/α,β-unsaturated/α-hetero) is 2. The first kappa shape index (κ1) is 102. The number of benzene rings is 2. The van der Waals surface area contributed by atoms with E-state index in [0.29, 0.717) is 149 Å². The van der Waals surface area contributed by atoms with Crippen molar-refractivity contribution in [1.82, 2.24) is 60.6 Å². The molecule has 6 aromatic rings. The van der Waals surface area contributed by atoms with Crippen molar-refractivity contribution in [3.8, 4) is 11.3 Å². The van der Waals surface area contributed by atoms with Gasteiger partial charge in [-0.2, -0.15) is 10.1 Å². The van der Waals surface area contributed by atoms with E-state index in [4.69, 9.17) is 78.9 Å². The van der Waals surface area contributed by atoms with Gasteiger partial charge in [0.2, 0.25) is 17.6 Å². The first-order valence-electron chi connectivity index (χ1n) is 45.2. The fourth-order valence-corrected chi connectivity index (χ4v) is 16.6. The standard InChI is InChI=1S/C92H132N16O22/c1-58-19-11-9-12-20-59(2)75(119-7)52-68-27-24-63(6)92(118,130-68)85(114)88(115)106-35-17-15-23-73(106)89(116)128-76(53-70(104-127-55-64-21-13-10-14-22-64)60(3)48-62(5)83(112)84(113)82(111)61(4)47-58)69(93)49-65-25-28-72(77(50-65)120-8)108-54-67(102-105-108)56-126-91(117)98-34-40-124-44-46-125-45-42-122-38-31-79(110)97-33-39-123-43-41-121-37-30-78(109)96-32-16-18-36-107-87-80(86(94)99-57-100-87)81(103-107)66-26-29-74-71(51-66)101-90(95)129-74/h9-14,19-22,26,29,48,51,54,57-58,60-61,63,65,68-69,72-73,75-77,83-84,112-113,118H,15-18,23-25,27-28,30-47,49-50,52-53,55-56,93H2,1-8H3,(H2,95,101)(H,96,109)(H,97,110)(H,98,117)(H2,94,99,100)/b12-9?,19-11+,59-20?,62-48+,104-70-/t58-,60-,61-,63-,65+,68+,69-,72+,73+,75+,76+,77-,83-,84+,92-/m1/s1. The first-order chi connectivity index (χ1) is 62.7. The molecule has 10 rings (SSSR count). The molecule has 7 heterocycles. The van der Waals surface area contributed by atoms with Gasteiger partial charge >= 0.3 is 12.1 Å². The van der Waals surface area contributed by atoms with Gasteiger partial charge in [0.15, 0.2) is 17.0 Å². The zero-order chi connectivity index (χ0) is 93.1. The highest BCUT2D eigenvalue weighted by molar-refractivity contribution is 6.39. The molecule has 3 fully saturated rings. The van der Waals surface area contributed by atoms with E-state index in [1.165, 1.54) is 11.2 Å². The van der Waals surface area contributed by atoms with E-state index in [9.17, 15) is 44.1 Å². The van der Waals surface area contributed by atoms with Gasteiger partial charge in [-0.3, -0.25) is 24.0 Å². The minimum Gasteiger partial charge on any atom is -0.459 e. The number of nitrogen functional groups attached to an aromatic ring is 2. The lowest BCUT2D eigenvalue weighted by molar-refractivity contribution is -0.265. The molecule has 2 bridgehead atoms. The molecule has 15 atom stereocenters. The van der Waals surface area contributed by atoms with Crippen molar-refractivity contribution in [1.29, 1.82) is 0 Å². The Morgan fingerprint density at radius 2 is 1.45 bits per heavy atom. The number of nitrogens with one attached hydrogen (secondary N) is 3. The quantitative estimate of drug-likeness (QED) is 0.00592. The summed E-state index contributed by atoms with van der Waals surface area (Å²) in [4.78, 5) is 116. The molecule has 1 saturated carbocycles. The number of carbonyl (C=O) groups is 7. The third-order valence-electron chi connectivity index (χ3n) is 24.0. The third kappa shape index (κ3) is 30.3. The van der Waals surface area contributed by atoms with E-state index < -0.39 is 102 Å². The van der Waals surface area contributed by atoms with Crippen LogP contribution in [0.15, 0.2) is 118 Å². The van der Waals surface area contributed by atoms with Gasteiger partial charge in [-0.15, -0.1) is 5.10 Å². The number of nitrogens with two attached hydrogens (primary N) is 3. The number of aryl methyl sites for hydroxylation is 1. The zero-order valence-electron chi connectivity index (χ0n) is 76.0. The molecular weight excluding hydrogens is 1680 g/mol. The highest BCUT2D eigenvalue weighted by atomic mass is 16.6. The van der Waals surface area contributed by atoms with E-state index in [2.05, 4.69) is 46.4 Å². The Labute approximate surface area is 757 Å². The number of unbranched alkanes of at least 4 members (excludes halogenated alkanes) is 1. The van der Waals surface area contributed by atoms with Crippen molar-refractivity contribution in [3.05, 3.63) is 120 Å². The number of nitrogens with zero attached hydrogens (tertiary/aromatic N) is 10. The van der Waals surface area contributed by atoms with Gasteiger partial charge in [0.1, 0.15) is 66.6 Å². The van der Waals surface area contributed by atoms with Crippen LogP contribution in [0.4, 0.5) is 16.6 Å². The number of methoxy groups -OCH3 is 2. The van der Waals surface area contributed by atoms with Crippen molar-refractivity contribution < 1.29 is 106 Å². The molecule has 0 radical (unpaired) electrons. The third-order valence-corrected chi connectivity index (χ3v) is 24.0. The van der Waals surface area contributed by atoms with Crippen LogP contribution in [0.3, 0.4) is 0 Å².